The Kier molecular flexibility index (Phi) is 5.94. The first-order chi connectivity index (χ1) is 9.25. The minimum atomic E-state index is -3.90. The maximum atomic E-state index is 14.4. The van der Waals surface area contributed by atoms with Crippen LogP contribution in [0.4, 0.5) is 4.39 Å². The number of hydrogen-bond acceptors (Lipinski definition) is 3. The first-order valence-corrected chi connectivity index (χ1v) is 8.18. The van der Waals surface area contributed by atoms with Crippen molar-refractivity contribution in [2.75, 3.05) is 14.1 Å². The first-order valence-electron chi connectivity index (χ1n) is 6.36. The zero-order chi connectivity index (χ0) is 15.5. The molecule has 0 amide bonds. The molecule has 0 radical (unpaired) electrons. The molecule has 0 heterocycles. The molecule has 114 valence electrons. The molecule has 1 atom stereocenters. The van der Waals surface area contributed by atoms with Crippen LogP contribution >= 0.6 is 11.6 Å². The van der Waals surface area contributed by atoms with Crippen molar-refractivity contribution in [3.8, 4) is 0 Å². The maximum absolute atomic E-state index is 14.4. The summed E-state index contributed by atoms with van der Waals surface area (Å²) in [6.07, 6.45) is 0.640. The van der Waals surface area contributed by atoms with Crippen molar-refractivity contribution in [2.45, 2.75) is 37.8 Å². The highest BCUT2D eigenvalue weighted by molar-refractivity contribution is 7.89. The molecule has 4 nitrogen and oxygen atoms in total. The largest absolute Gasteiger partial charge is 0.316 e. The van der Waals surface area contributed by atoms with E-state index in [0.717, 1.165) is 6.07 Å². The molecule has 1 rings (SSSR count). The average molecular weight is 323 g/mol. The quantitative estimate of drug-likeness (QED) is 0.876. The van der Waals surface area contributed by atoms with Crippen molar-refractivity contribution in [3.05, 3.63) is 28.5 Å². The van der Waals surface area contributed by atoms with Crippen LogP contribution in [-0.2, 0) is 16.6 Å². The lowest BCUT2D eigenvalue weighted by Gasteiger charge is -2.24. The monoisotopic (exact) mass is 322 g/mol. The van der Waals surface area contributed by atoms with Crippen LogP contribution in [0.2, 0.25) is 5.02 Å². The summed E-state index contributed by atoms with van der Waals surface area (Å²) in [7, 11) is -0.800. The lowest BCUT2D eigenvalue weighted by atomic mass is 10.2. The highest BCUT2D eigenvalue weighted by Crippen LogP contribution is 2.27. The molecule has 1 aromatic rings. The van der Waals surface area contributed by atoms with Crippen molar-refractivity contribution in [3.63, 3.8) is 0 Å². The van der Waals surface area contributed by atoms with E-state index < -0.39 is 15.8 Å². The Morgan fingerprint density at radius 2 is 2.05 bits per heavy atom. The molecule has 0 aliphatic carbocycles. The third-order valence-corrected chi connectivity index (χ3v) is 5.50. The Hall–Kier alpha value is -0.690. The topological polar surface area (TPSA) is 49.4 Å². The number of hydrogen-bond donors (Lipinski definition) is 1. The zero-order valence-electron chi connectivity index (χ0n) is 12.1. The van der Waals surface area contributed by atoms with Crippen LogP contribution in [0.5, 0.6) is 0 Å². The van der Waals surface area contributed by atoms with Crippen molar-refractivity contribution < 1.29 is 12.8 Å². The summed E-state index contributed by atoms with van der Waals surface area (Å²) in [5.74, 6) is -0.751. The molecule has 0 saturated carbocycles. The summed E-state index contributed by atoms with van der Waals surface area (Å²) >= 11 is 5.90. The molecule has 1 unspecified atom stereocenters. The van der Waals surface area contributed by atoms with Crippen molar-refractivity contribution in [2.24, 2.45) is 0 Å². The highest BCUT2D eigenvalue weighted by atomic mass is 35.5. The zero-order valence-corrected chi connectivity index (χ0v) is 13.6. The van der Waals surface area contributed by atoms with Gasteiger partial charge < -0.3 is 5.32 Å². The predicted molar refractivity (Wildman–Crippen MR) is 78.9 cm³/mol. The van der Waals surface area contributed by atoms with Crippen LogP contribution in [0.1, 0.15) is 25.8 Å². The molecule has 0 aliphatic rings. The fraction of sp³-hybridized carbons (Fsp3) is 0.538. The van der Waals surface area contributed by atoms with E-state index in [9.17, 15) is 12.8 Å². The van der Waals surface area contributed by atoms with Gasteiger partial charge in [-0.3, -0.25) is 0 Å². The van der Waals surface area contributed by atoms with Gasteiger partial charge in [-0.25, -0.2) is 12.8 Å². The SMILES string of the molecule is CCC(C)N(C)S(=O)(=O)c1cc(Cl)cc(CNC)c1F. The van der Waals surface area contributed by atoms with Gasteiger partial charge in [0.05, 0.1) is 0 Å². The van der Waals surface area contributed by atoms with E-state index in [1.807, 2.05) is 6.92 Å². The number of sulfonamides is 1. The minimum Gasteiger partial charge on any atom is -0.316 e. The Morgan fingerprint density at radius 3 is 2.55 bits per heavy atom. The third-order valence-electron chi connectivity index (χ3n) is 3.32. The fourth-order valence-electron chi connectivity index (χ4n) is 1.77. The Balaban J connectivity index is 3.38. The van der Waals surface area contributed by atoms with Crippen molar-refractivity contribution in [1.29, 1.82) is 0 Å². The van der Waals surface area contributed by atoms with E-state index in [1.165, 1.54) is 17.4 Å². The molecule has 1 aromatic carbocycles. The van der Waals surface area contributed by atoms with Crippen LogP contribution in [0.15, 0.2) is 17.0 Å². The van der Waals surface area contributed by atoms with Crippen molar-refractivity contribution >= 4 is 21.6 Å². The molecular formula is C13H20ClFN2O2S. The van der Waals surface area contributed by atoms with Crippen LogP contribution in [0.3, 0.4) is 0 Å². The Labute approximate surface area is 125 Å². The molecule has 7 heteroatoms. The predicted octanol–water partition coefficient (Wildman–Crippen LogP) is 2.62. The van der Waals surface area contributed by atoms with Gasteiger partial charge in [-0.2, -0.15) is 4.31 Å². The van der Waals surface area contributed by atoms with Gasteiger partial charge in [-0.05, 0) is 32.5 Å². The second-order valence-corrected chi connectivity index (χ2v) is 7.09. The summed E-state index contributed by atoms with van der Waals surface area (Å²) in [5.41, 5.74) is 0.233. The van der Waals surface area contributed by atoms with Gasteiger partial charge in [0.1, 0.15) is 10.7 Å². The van der Waals surface area contributed by atoms with E-state index in [4.69, 9.17) is 11.6 Å². The van der Waals surface area contributed by atoms with Gasteiger partial charge in [-0.15, -0.1) is 0 Å². The molecule has 0 fully saturated rings. The molecule has 20 heavy (non-hydrogen) atoms. The smallest absolute Gasteiger partial charge is 0.246 e. The summed E-state index contributed by atoms with van der Waals surface area (Å²) in [6, 6.07) is 2.37. The summed E-state index contributed by atoms with van der Waals surface area (Å²) in [6.45, 7) is 3.86. The standard InChI is InChI=1S/C13H20ClFN2O2S/c1-5-9(2)17(4)20(18,19)12-7-11(14)6-10(8-16-3)13(12)15/h6-7,9,16H,5,8H2,1-4H3. The summed E-state index contributed by atoms with van der Waals surface area (Å²) in [5, 5.41) is 2.99. The Morgan fingerprint density at radius 1 is 1.45 bits per heavy atom. The second-order valence-electron chi connectivity index (χ2n) is 4.69. The number of nitrogens with zero attached hydrogens (tertiary/aromatic N) is 1. The molecule has 0 aromatic heterocycles. The summed E-state index contributed by atoms with van der Waals surface area (Å²) < 4.78 is 40.5. The molecule has 0 spiro atoms. The van der Waals surface area contributed by atoms with Crippen LogP contribution < -0.4 is 5.32 Å². The minimum absolute atomic E-state index is 0.202. The van der Waals surface area contributed by atoms with E-state index in [1.54, 1.807) is 14.0 Å². The summed E-state index contributed by atoms with van der Waals surface area (Å²) in [4.78, 5) is -0.377. The highest BCUT2D eigenvalue weighted by Gasteiger charge is 2.29. The van der Waals surface area contributed by atoms with Crippen LogP contribution in [0, 0.1) is 5.82 Å². The molecule has 0 saturated heterocycles. The average Bonchev–Trinajstić information content (AvgIpc) is 2.40. The number of benzene rings is 1. The lowest BCUT2D eigenvalue weighted by Crippen LogP contribution is -2.35. The molecule has 1 N–H and O–H groups in total. The van der Waals surface area contributed by atoms with E-state index >= 15 is 0 Å². The lowest BCUT2D eigenvalue weighted by molar-refractivity contribution is 0.378. The molecule has 0 bridgehead atoms. The van der Waals surface area contributed by atoms with Crippen LogP contribution in [0.25, 0.3) is 0 Å². The van der Waals surface area contributed by atoms with Gasteiger partial charge in [0.2, 0.25) is 10.0 Å². The van der Waals surface area contributed by atoms with Gasteiger partial charge in [0.15, 0.2) is 0 Å². The van der Waals surface area contributed by atoms with E-state index in [-0.39, 0.29) is 28.1 Å². The van der Waals surface area contributed by atoms with Crippen LogP contribution in [-0.4, -0.2) is 32.9 Å². The third kappa shape index (κ3) is 3.49. The molecular weight excluding hydrogens is 303 g/mol. The number of nitrogens with one attached hydrogen (secondary N) is 1. The van der Waals surface area contributed by atoms with Gasteiger partial charge in [-0.1, -0.05) is 18.5 Å². The number of halogens is 2. The maximum Gasteiger partial charge on any atom is 0.246 e. The van der Waals surface area contributed by atoms with E-state index in [2.05, 4.69) is 5.32 Å². The fourth-order valence-corrected chi connectivity index (χ4v) is 3.65. The van der Waals surface area contributed by atoms with Gasteiger partial charge in [0.25, 0.3) is 0 Å². The first kappa shape index (κ1) is 17.4. The van der Waals surface area contributed by atoms with E-state index in [0.29, 0.717) is 6.42 Å². The Bertz CT molecular complexity index is 578. The normalized spacial score (nSPS) is 13.8. The van der Waals surface area contributed by atoms with Gasteiger partial charge in [0, 0.05) is 30.2 Å². The number of rotatable bonds is 6. The second kappa shape index (κ2) is 6.85. The molecule has 0 aliphatic heterocycles. The van der Waals surface area contributed by atoms with Crippen molar-refractivity contribution in [1.82, 2.24) is 9.62 Å². The van der Waals surface area contributed by atoms with Gasteiger partial charge >= 0.3 is 0 Å².